The molecule has 6 heteroatoms. The van der Waals surface area contributed by atoms with Crippen LogP contribution in [0.25, 0.3) is 0 Å². The van der Waals surface area contributed by atoms with Crippen LogP contribution in [-0.2, 0) is 11.3 Å². The Kier molecular flexibility index (Phi) is 6.26. The lowest BCUT2D eigenvalue weighted by Gasteiger charge is -2.36. The van der Waals surface area contributed by atoms with Crippen molar-refractivity contribution in [3.05, 3.63) is 29.8 Å². The third kappa shape index (κ3) is 4.87. The van der Waals surface area contributed by atoms with E-state index >= 15 is 0 Å². The molecular formula is C17H26N4O2. The van der Waals surface area contributed by atoms with Crippen molar-refractivity contribution in [1.29, 1.82) is 0 Å². The fourth-order valence-electron chi connectivity index (χ4n) is 2.60. The Morgan fingerprint density at radius 1 is 1.26 bits per heavy atom. The van der Waals surface area contributed by atoms with E-state index in [4.69, 9.17) is 9.73 Å². The maximum absolute atomic E-state index is 11.4. The van der Waals surface area contributed by atoms with Gasteiger partial charge in [0.15, 0.2) is 5.96 Å². The Morgan fingerprint density at radius 3 is 2.57 bits per heavy atom. The summed E-state index contributed by atoms with van der Waals surface area (Å²) in [7, 11) is 1.67. The molecule has 23 heavy (non-hydrogen) atoms. The van der Waals surface area contributed by atoms with Crippen LogP contribution in [0.4, 0.5) is 0 Å². The molecule has 0 bridgehead atoms. The van der Waals surface area contributed by atoms with Crippen molar-refractivity contribution in [3.8, 4) is 5.75 Å². The number of piperazine rings is 1. The minimum Gasteiger partial charge on any atom is -0.497 e. The van der Waals surface area contributed by atoms with E-state index < -0.39 is 0 Å². The van der Waals surface area contributed by atoms with E-state index in [2.05, 4.69) is 17.1 Å². The normalized spacial score (nSPS) is 15.5. The number of hydrogen-bond donors (Lipinski definition) is 1. The van der Waals surface area contributed by atoms with Crippen LogP contribution in [0.3, 0.4) is 0 Å². The number of hydrogen-bond acceptors (Lipinski definition) is 3. The Balaban J connectivity index is 2.01. The summed E-state index contributed by atoms with van der Waals surface area (Å²) >= 11 is 0. The van der Waals surface area contributed by atoms with Crippen LogP contribution < -0.4 is 10.1 Å². The van der Waals surface area contributed by atoms with Crippen LogP contribution in [0.5, 0.6) is 5.75 Å². The van der Waals surface area contributed by atoms with Gasteiger partial charge in [0.05, 0.1) is 13.7 Å². The smallest absolute Gasteiger partial charge is 0.219 e. The highest BCUT2D eigenvalue weighted by Gasteiger charge is 2.20. The molecule has 1 aliphatic heterocycles. The molecule has 1 heterocycles. The first kappa shape index (κ1) is 17.1. The summed E-state index contributed by atoms with van der Waals surface area (Å²) in [5.74, 6) is 1.89. The number of ether oxygens (including phenoxy) is 1. The van der Waals surface area contributed by atoms with E-state index in [9.17, 15) is 4.79 Å². The second-order valence-corrected chi connectivity index (χ2v) is 5.51. The van der Waals surface area contributed by atoms with Gasteiger partial charge in [0.2, 0.25) is 5.91 Å². The molecule has 0 aromatic heterocycles. The summed E-state index contributed by atoms with van der Waals surface area (Å²) in [6, 6.07) is 7.95. The van der Waals surface area contributed by atoms with Crippen molar-refractivity contribution in [3.63, 3.8) is 0 Å². The summed E-state index contributed by atoms with van der Waals surface area (Å²) in [4.78, 5) is 20.2. The van der Waals surface area contributed by atoms with E-state index in [1.165, 1.54) is 0 Å². The molecule has 1 aromatic rings. The molecule has 0 unspecified atom stereocenters. The summed E-state index contributed by atoms with van der Waals surface area (Å²) in [5, 5.41) is 3.34. The fourth-order valence-corrected chi connectivity index (χ4v) is 2.60. The lowest BCUT2D eigenvalue weighted by atomic mass is 10.2. The molecular weight excluding hydrogens is 292 g/mol. The molecule has 0 spiro atoms. The highest BCUT2D eigenvalue weighted by atomic mass is 16.5. The quantitative estimate of drug-likeness (QED) is 0.672. The summed E-state index contributed by atoms with van der Waals surface area (Å²) in [6.45, 7) is 8.23. The Morgan fingerprint density at radius 2 is 1.96 bits per heavy atom. The van der Waals surface area contributed by atoms with Gasteiger partial charge in [0, 0.05) is 39.6 Å². The van der Waals surface area contributed by atoms with E-state index in [-0.39, 0.29) is 5.91 Å². The molecule has 1 N–H and O–H groups in total. The van der Waals surface area contributed by atoms with Gasteiger partial charge in [0.1, 0.15) is 5.75 Å². The number of nitrogens with zero attached hydrogens (tertiary/aromatic N) is 3. The van der Waals surface area contributed by atoms with Crippen molar-refractivity contribution in [2.75, 3.05) is 39.8 Å². The van der Waals surface area contributed by atoms with Gasteiger partial charge in [-0.25, -0.2) is 4.99 Å². The molecule has 0 radical (unpaired) electrons. The number of rotatable bonds is 4. The van der Waals surface area contributed by atoms with Crippen molar-refractivity contribution in [1.82, 2.24) is 15.1 Å². The molecule has 0 saturated carbocycles. The van der Waals surface area contributed by atoms with Crippen molar-refractivity contribution < 1.29 is 9.53 Å². The minimum atomic E-state index is 0.142. The third-order valence-electron chi connectivity index (χ3n) is 3.90. The number of aliphatic imine (C=N–C) groups is 1. The third-order valence-corrected chi connectivity index (χ3v) is 3.90. The van der Waals surface area contributed by atoms with Gasteiger partial charge >= 0.3 is 0 Å². The monoisotopic (exact) mass is 318 g/mol. The van der Waals surface area contributed by atoms with Crippen LogP contribution in [0.2, 0.25) is 0 Å². The Bertz CT molecular complexity index is 551. The van der Waals surface area contributed by atoms with Crippen LogP contribution >= 0.6 is 0 Å². The zero-order chi connectivity index (χ0) is 16.7. The highest BCUT2D eigenvalue weighted by molar-refractivity contribution is 5.80. The molecule has 2 rings (SSSR count). The topological polar surface area (TPSA) is 57.2 Å². The van der Waals surface area contributed by atoms with Crippen LogP contribution in [0, 0.1) is 0 Å². The number of carbonyl (C=O) groups is 1. The van der Waals surface area contributed by atoms with Gasteiger partial charge in [-0.15, -0.1) is 0 Å². The number of nitrogens with one attached hydrogen (secondary N) is 1. The molecule has 1 fully saturated rings. The first-order chi connectivity index (χ1) is 11.1. The Hall–Kier alpha value is -2.24. The van der Waals surface area contributed by atoms with E-state index in [1.54, 1.807) is 14.0 Å². The molecule has 0 atom stereocenters. The first-order valence-electron chi connectivity index (χ1n) is 8.05. The fraction of sp³-hybridized carbons (Fsp3) is 0.529. The average Bonchev–Trinajstić information content (AvgIpc) is 2.59. The van der Waals surface area contributed by atoms with Crippen LogP contribution in [0.1, 0.15) is 19.4 Å². The molecule has 1 saturated heterocycles. The Labute approximate surface area is 138 Å². The van der Waals surface area contributed by atoms with Gasteiger partial charge in [-0.1, -0.05) is 12.1 Å². The standard InChI is InChI=1S/C17H26N4O2/c1-4-18-17(21-10-8-20(9-11-21)14(2)22)19-13-15-6-5-7-16(12-15)23-3/h5-7,12H,4,8-11,13H2,1-3H3,(H,18,19). The highest BCUT2D eigenvalue weighted by Crippen LogP contribution is 2.13. The SMILES string of the molecule is CCNC(=NCc1cccc(OC)c1)N1CCN(C(C)=O)CC1. The summed E-state index contributed by atoms with van der Waals surface area (Å²) in [6.07, 6.45) is 0. The van der Waals surface area contributed by atoms with Gasteiger partial charge in [-0.3, -0.25) is 4.79 Å². The molecule has 1 aromatic carbocycles. The molecule has 6 nitrogen and oxygen atoms in total. The number of carbonyl (C=O) groups excluding carboxylic acids is 1. The molecule has 126 valence electrons. The van der Waals surface area contributed by atoms with E-state index in [1.807, 2.05) is 29.2 Å². The van der Waals surface area contributed by atoms with Crippen molar-refractivity contribution in [2.45, 2.75) is 20.4 Å². The number of benzene rings is 1. The predicted octanol–water partition coefficient (Wildman–Crippen LogP) is 1.32. The van der Waals surface area contributed by atoms with Gasteiger partial charge in [-0.2, -0.15) is 0 Å². The van der Waals surface area contributed by atoms with Gasteiger partial charge in [0.25, 0.3) is 0 Å². The van der Waals surface area contributed by atoms with E-state index in [0.717, 1.165) is 50.0 Å². The zero-order valence-electron chi connectivity index (χ0n) is 14.2. The minimum absolute atomic E-state index is 0.142. The lowest BCUT2D eigenvalue weighted by molar-refractivity contribution is -0.130. The van der Waals surface area contributed by atoms with Crippen LogP contribution in [-0.4, -0.2) is 61.5 Å². The molecule has 0 aliphatic carbocycles. The van der Waals surface area contributed by atoms with Crippen molar-refractivity contribution >= 4 is 11.9 Å². The van der Waals surface area contributed by atoms with Crippen molar-refractivity contribution in [2.24, 2.45) is 4.99 Å². The second kappa shape index (κ2) is 8.41. The first-order valence-corrected chi connectivity index (χ1v) is 8.05. The summed E-state index contributed by atoms with van der Waals surface area (Å²) in [5.41, 5.74) is 1.11. The van der Waals surface area contributed by atoms with E-state index in [0.29, 0.717) is 6.54 Å². The van der Waals surface area contributed by atoms with Gasteiger partial charge < -0.3 is 19.9 Å². The maximum atomic E-state index is 11.4. The molecule has 1 aliphatic rings. The average molecular weight is 318 g/mol. The van der Waals surface area contributed by atoms with Gasteiger partial charge in [-0.05, 0) is 24.6 Å². The van der Waals surface area contributed by atoms with Crippen LogP contribution in [0.15, 0.2) is 29.3 Å². The zero-order valence-corrected chi connectivity index (χ0v) is 14.2. The largest absolute Gasteiger partial charge is 0.497 e. The number of amides is 1. The molecule has 1 amide bonds. The number of guanidine groups is 1. The summed E-state index contributed by atoms with van der Waals surface area (Å²) < 4.78 is 5.25. The second-order valence-electron chi connectivity index (χ2n) is 5.51. The predicted molar refractivity (Wildman–Crippen MR) is 91.6 cm³/mol. The number of methoxy groups -OCH3 is 1. The lowest BCUT2D eigenvalue weighted by Crippen LogP contribution is -2.53. The maximum Gasteiger partial charge on any atom is 0.219 e.